The molecule has 0 fully saturated rings. The van der Waals surface area contributed by atoms with E-state index >= 15 is 0 Å². The van der Waals surface area contributed by atoms with Gasteiger partial charge < -0.3 is 58.9 Å². The molecule has 0 saturated heterocycles. The predicted octanol–water partition coefficient (Wildman–Crippen LogP) is -13.9. The summed E-state index contributed by atoms with van der Waals surface area (Å²) in [7, 11) is -10.8. The van der Waals surface area contributed by atoms with Gasteiger partial charge in [-0.15, -0.1) is 0 Å². The topological polar surface area (TPSA) is 232 Å². The molecule has 96 valence electrons. The zero-order valence-corrected chi connectivity index (χ0v) is 33.3. The maximum atomic E-state index is 8.55. The molecule has 0 heterocycles. The minimum Gasteiger partial charge on any atom is -1.00 e. The van der Waals surface area contributed by atoms with E-state index in [1.165, 1.54) is 0 Å². The molecule has 0 rings (SSSR count). The SMILES string of the molecule is O=P([O-])([O-])[O-].O=P([O-])([O-])[O-].[Ba+2].[Ba+2].[Ba+2].[Ba+2].[Ba+2].[F-].[F-].[OH-].[OH-]. The van der Waals surface area contributed by atoms with Gasteiger partial charge in [0.05, 0.1) is 0 Å². The molecule has 10 nitrogen and oxygen atoms in total. The first-order valence-corrected chi connectivity index (χ1v) is 4.38. The fraction of sp³-hybridized carbons (Fsp3) is 0. The minimum atomic E-state index is -5.39. The zero-order chi connectivity index (χ0) is 9.00. The van der Waals surface area contributed by atoms with Crippen LogP contribution in [0.25, 0.3) is 0 Å². The molecule has 0 spiro atoms. The summed E-state index contributed by atoms with van der Waals surface area (Å²) in [5.74, 6) is 0. The summed E-state index contributed by atoms with van der Waals surface area (Å²) < 4.78 is 17.1. The van der Waals surface area contributed by atoms with Gasteiger partial charge in [0.2, 0.25) is 0 Å². The van der Waals surface area contributed by atoms with Crippen molar-refractivity contribution in [3.63, 3.8) is 0 Å². The molecule has 0 atom stereocenters. The van der Waals surface area contributed by atoms with Crippen molar-refractivity contribution in [2.75, 3.05) is 0 Å². The van der Waals surface area contributed by atoms with E-state index < -0.39 is 15.6 Å². The summed E-state index contributed by atoms with van der Waals surface area (Å²) in [5, 5.41) is 0. The smallest absolute Gasteiger partial charge is 1.00 e. The van der Waals surface area contributed by atoms with Crippen molar-refractivity contribution < 1.29 is 58.9 Å². The van der Waals surface area contributed by atoms with Crippen molar-refractivity contribution in [2.24, 2.45) is 0 Å². The van der Waals surface area contributed by atoms with E-state index in [0.29, 0.717) is 0 Å². The summed E-state index contributed by atoms with van der Waals surface area (Å²) in [6.45, 7) is 0. The van der Waals surface area contributed by atoms with Crippen molar-refractivity contribution in [3.05, 3.63) is 0 Å². The number of rotatable bonds is 0. The molecule has 19 heavy (non-hydrogen) atoms. The third-order valence-corrected chi connectivity index (χ3v) is 0. The summed E-state index contributed by atoms with van der Waals surface area (Å²) in [5.41, 5.74) is 0. The van der Waals surface area contributed by atoms with Crippen LogP contribution >= 0.6 is 15.6 Å². The molecule has 0 unspecified atom stereocenters. The molecular formula is H2Ba5F2O10P2. The molecule has 0 radical (unpaired) electrons. The molecule has 0 aliphatic heterocycles. The van der Waals surface area contributed by atoms with E-state index in [1.807, 2.05) is 0 Å². The Balaban J connectivity index is -0.00000000508. The molecule has 0 aromatic carbocycles. The zero-order valence-electron chi connectivity index (χ0n) is 9.35. The molecule has 19 heteroatoms. The predicted molar refractivity (Wildman–Crippen MR) is 47.9 cm³/mol. The van der Waals surface area contributed by atoms with Gasteiger partial charge in [-0.2, -0.15) is 15.6 Å². The Bertz CT molecular complexity index is 144. The third kappa shape index (κ3) is 238. The third-order valence-electron chi connectivity index (χ3n) is 0. The molecule has 0 aliphatic carbocycles. The molecule has 0 amide bonds. The molecule has 0 aromatic rings. The number of hydrogen-bond acceptors (Lipinski definition) is 10. The first-order valence-electron chi connectivity index (χ1n) is 1.46. The normalized spacial score (nSPS) is 6.21. The first-order chi connectivity index (χ1) is 4.00. The van der Waals surface area contributed by atoms with E-state index in [2.05, 4.69) is 0 Å². The Kier molecular flexibility index (Phi) is 152. The second-order valence-corrected chi connectivity index (χ2v) is 2.68. The Morgan fingerprint density at radius 2 is 0.474 bits per heavy atom. The number of hydrogen-bond donors (Lipinski definition) is 0. The monoisotopic (exact) mass is 951 g/mol. The van der Waals surface area contributed by atoms with Gasteiger partial charge >= 0.3 is 244 Å². The van der Waals surface area contributed by atoms with Gasteiger partial charge in [-0.3, -0.25) is 0 Å². The van der Waals surface area contributed by atoms with Crippen molar-refractivity contribution in [1.29, 1.82) is 0 Å². The summed E-state index contributed by atoms with van der Waals surface area (Å²) >= 11 is 0. The average Bonchev–Trinajstić information content (AvgIpc) is 1.12. The van der Waals surface area contributed by atoms with Crippen LogP contribution in [0.1, 0.15) is 0 Å². The van der Waals surface area contributed by atoms with Crippen LogP contribution < -0.4 is 38.8 Å². The Morgan fingerprint density at radius 3 is 0.474 bits per heavy atom. The first kappa shape index (κ1) is 71.4. The minimum absolute atomic E-state index is 0. The van der Waals surface area contributed by atoms with Crippen LogP contribution in [-0.4, -0.2) is 255 Å². The van der Waals surface area contributed by atoms with Crippen LogP contribution in [0.15, 0.2) is 0 Å². The van der Waals surface area contributed by atoms with Crippen LogP contribution in [0.2, 0.25) is 0 Å². The van der Waals surface area contributed by atoms with Gasteiger partial charge in [-0.25, -0.2) is 0 Å². The van der Waals surface area contributed by atoms with E-state index in [9.17, 15) is 0 Å². The molecule has 0 aliphatic rings. The fourth-order valence-electron chi connectivity index (χ4n) is 0. The van der Waals surface area contributed by atoms with Crippen molar-refractivity contribution in [1.82, 2.24) is 0 Å². The molecule has 0 saturated carbocycles. The van der Waals surface area contributed by atoms with Crippen molar-refractivity contribution in [3.8, 4) is 0 Å². The van der Waals surface area contributed by atoms with Gasteiger partial charge in [0.1, 0.15) is 0 Å². The molecule has 2 N–H and O–H groups in total. The van der Waals surface area contributed by atoms with Crippen LogP contribution in [0.4, 0.5) is 0 Å². The van der Waals surface area contributed by atoms with E-state index in [1.54, 1.807) is 0 Å². The van der Waals surface area contributed by atoms with Gasteiger partial charge in [0.15, 0.2) is 0 Å². The van der Waals surface area contributed by atoms with Gasteiger partial charge in [0.25, 0.3) is 0 Å². The van der Waals surface area contributed by atoms with Crippen LogP contribution in [0, 0.1) is 0 Å². The maximum Gasteiger partial charge on any atom is 2.00 e. The molecular weight excluding hydrogens is 947 g/mol. The largest absolute Gasteiger partial charge is 2.00 e. The van der Waals surface area contributed by atoms with Gasteiger partial charge in [-0.1, -0.05) is 0 Å². The quantitative estimate of drug-likeness (QED) is 0.164. The average molecular weight is 949 g/mol. The second-order valence-electron chi connectivity index (χ2n) is 0.894. The standard InChI is InChI=1S/5Ba.2FH.2H3O4P.2H2O/c;;;;;;;2*1-5(2,3)4;;/h;;;;;2*1H;2*(H3,1,2,3,4);2*1H2/q5*+2;;;;;;/p-10. The van der Waals surface area contributed by atoms with Crippen LogP contribution in [-0.2, 0) is 9.13 Å². The van der Waals surface area contributed by atoms with Crippen LogP contribution in [0.3, 0.4) is 0 Å². The summed E-state index contributed by atoms with van der Waals surface area (Å²) in [6.07, 6.45) is 0. The summed E-state index contributed by atoms with van der Waals surface area (Å²) in [6, 6.07) is 0. The van der Waals surface area contributed by atoms with Crippen molar-refractivity contribution >= 4 is 260 Å². The summed E-state index contributed by atoms with van der Waals surface area (Å²) in [4.78, 5) is 51.3. The van der Waals surface area contributed by atoms with Gasteiger partial charge in [-0.05, 0) is 0 Å². The van der Waals surface area contributed by atoms with Crippen molar-refractivity contribution in [2.45, 2.75) is 0 Å². The van der Waals surface area contributed by atoms with Crippen LogP contribution in [0.5, 0.6) is 0 Å². The maximum absolute atomic E-state index is 8.55. The van der Waals surface area contributed by atoms with E-state index in [0.717, 1.165) is 0 Å². The molecule has 0 bridgehead atoms. The number of phosphoric acid groups is 2. The van der Waals surface area contributed by atoms with E-state index in [4.69, 9.17) is 38.5 Å². The van der Waals surface area contributed by atoms with Gasteiger partial charge in [0, 0.05) is 0 Å². The Labute approximate surface area is 309 Å². The van der Waals surface area contributed by atoms with E-state index in [-0.39, 0.29) is 265 Å². The number of halogens is 2. The fourth-order valence-corrected chi connectivity index (χ4v) is 0. The second kappa shape index (κ2) is 40.5. The Morgan fingerprint density at radius 1 is 0.474 bits per heavy atom. The molecule has 0 aromatic heterocycles. The Hall–Kier alpha value is 7.86.